The molecule has 11 heteroatoms. The van der Waals surface area contributed by atoms with Crippen LogP contribution in [0.4, 0.5) is 4.79 Å². The van der Waals surface area contributed by atoms with E-state index in [0.717, 1.165) is 16.7 Å². The molecule has 0 spiro atoms. The number of hydrogen-bond acceptors (Lipinski definition) is 7. The maximum atomic E-state index is 13.8. The lowest BCUT2D eigenvalue weighted by atomic mass is 9.77. The van der Waals surface area contributed by atoms with Crippen LogP contribution in [0.3, 0.4) is 0 Å². The molecule has 3 aromatic carbocycles. The highest BCUT2D eigenvalue weighted by molar-refractivity contribution is 5.93. The molecule has 3 amide bonds. The molecule has 0 saturated heterocycles. The number of rotatable bonds is 13. The Balaban J connectivity index is 1.74. The highest BCUT2D eigenvalue weighted by atomic mass is 16.6. The number of nitrogens with one attached hydrogen (secondary N) is 3. The lowest BCUT2D eigenvalue weighted by Crippen LogP contribution is -2.57. The van der Waals surface area contributed by atoms with Gasteiger partial charge < -0.3 is 30.0 Å². The maximum absolute atomic E-state index is 13.8. The Kier molecular flexibility index (Phi) is 12.2. The first kappa shape index (κ1) is 37.4. The van der Waals surface area contributed by atoms with Crippen molar-refractivity contribution in [3.05, 3.63) is 126 Å². The number of carbonyl (C=O) groups excluding carboxylic acids is 4. The average Bonchev–Trinajstić information content (AvgIpc) is 3.55. The van der Waals surface area contributed by atoms with Gasteiger partial charge in [0.05, 0.1) is 19.1 Å². The summed E-state index contributed by atoms with van der Waals surface area (Å²) in [6.45, 7) is 10.2. The number of carbonyl (C=O) groups is 4. The van der Waals surface area contributed by atoms with Crippen molar-refractivity contribution in [1.82, 2.24) is 25.5 Å². The highest BCUT2D eigenvalue weighted by Gasteiger charge is 2.39. The van der Waals surface area contributed by atoms with Crippen molar-refractivity contribution in [3.63, 3.8) is 0 Å². The Labute approximate surface area is 293 Å². The van der Waals surface area contributed by atoms with Crippen LogP contribution in [-0.4, -0.2) is 64.3 Å². The number of esters is 1. The number of hydrogen-bond donors (Lipinski definition) is 3. The fourth-order valence-corrected chi connectivity index (χ4v) is 5.78. The zero-order chi connectivity index (χ0) is 36.5. The lowest BCUT2D eigenvalue weighted by molar-refractivity contribution is -0.146. The van der Waals surface area contributed by atoms with Crippen molar-refractivity contribution >= 4 is 23.9 Å². The van der Waals surface area contributed by atoms with Gasteiger partial charge in [-0.3, -0.25) is 9.59 Å². The number of aromatic nitrogens is 2. The van der Waals surface area contributed by atoms with Crippen LogP contribution in [0.25, 0.3) is 0 Å². The van der Waals surface area contributed by atoms with Gasteiger partial charge >= 0.3 is 12.1 Å². The third-order valence-electron chi connectivity index (χ3n) is 8.19. The fraction of sp³-hybridized carbons (Fsp3) is 0.359. The summed E-state index contributed by atoms with van der Waals surface area (Å²) in [5, 5.41) is 8.01. The summed E-state index contributed by atoms with van der Waals surface area (Å²) >= 11 is 0. The summed E-state index contributed by atoms with van der Waals surface area (Å²) < 4.78 is 12.2. The first-order chi connectivity index (χ1) is 23.8. The van der Waals surface area contributed by atoms with Crippen LogP contribution in [-0.2, 0) is 35.8 Å². The Bertz CT molecular complexity index is 1640. The van der Waals surface area contributed by atoms with Gasteiger partial charge in [-0.05, 0) is 50.3 Å². The molecule has 11 nitrogen and oxygen atoms in total. The van der Waals surface area contributed by atoms with Gasteiger partial charge in [-0.2, -0.15) is 0 Å². The van der Waals surface area contributed by atoms with Crippen molar-refractivity contribution in [2.75, 3.05) is 7.11 Å². The second kappa shape index (κ2) is 16.3. The number of amides is 3. The maximum Gasteiger partial charge on any atom is 0.408 e. The standard InChI is InChI=1S/C39H47N5O6/c1-26(2)33(36(47)49-7)43-35(46)32(42-34(45)27(3)41-37(48)50-38(4,5)6)23-31-24-44(25-40-31)39(28-17-11-8-12-18-28,29-19-13-9-14-20-29)30-21-15-10-16-22-30/h8-22,24-27,32-33H,23H2,1-7H3,(H,41,48)(H,42,45)(H,43,46)/t27-,32-,33-/m0/s1. The molecule has 0 bridgehead atoms. The molecule has 0 aliphatic rings. The van der Waals surface area contributed by atoms with Gasteiger partial charge in [-0.15, -0.1) is 0 Å². The number of ether oxygens (including phenoxy) is 2. The van der Waals surface area contributed by atoms with Crippen molar-refractivity contribution in [2.24, 2.45) is 5.92 Å². The molecule has 0 fully saturated rings. The molecular weight excluding hydrogens is 634 g/mol. The van der Waals surface area contributed by atoms with Crippen LogP contribution in [0.15, 0.2) is 104 Å². The van der Waals surface area contributed by atoms with Gasteiger partial charge in [0.15, 0.2) is 0 Å². The zero-order valence-electron chi connectivity index (χ0n) is 29.7. The molecule has 4 aromatic rings. The Hall–Kier alpha value is -5.45. The monoisotopic (exact) mass is 681 g/mol. The Morgan fingerprint density at radius 1 is 0.740 bits per heavy atom. The summed E-state index contributed by atoms with van der Waals surface area (Å²) in [4.78, 5) is 56.9. The van der Waals surface area contributed by atoms with E-state index in [1.165, 1.54) is 14.0 Å². The molecule has 0 unspecified atom stereocenters. The molecule has 50 heavy (non-hydrogen) atoms. The summed E-state index contributed by atoms with van der Waals surface area (Å²) in [6, 6.07) is 27.0. The largest absolute Gasteiger partial charge is 0.467 e. The number of alkyl carbamates (subject to hydrolysis) is 1. The lowest BCUT2D eigenvalue weighted by Gasteiger charge is -2.37. The van der Waals surface area contributed by atoms with E-state index in [-0.39, 0.29) is 12.3 Å². The SMILES string of the molecule is COC(=O)[C@@H](NC(=O)[C@H](Cc1cn(C(c2ccccc2)(c2ccccc2)c2ccccc2)cn1)NC(=O)[C@H](C)NC(=O)OC(C)(C)C)C(C)C. The fourth-order valence-electron chi connectivity index (χ4n) is 5.78. The summed E-state index contributed by atoms with van der Waals surface area (Å²) in [5.74, 6) is -2.14. The number of methoxy groups -OCH3 is 1. The number of imidazole rings is 1. The van der Waals surface area contributed by atoms with Crippen molar-refractivity contribution < 1.29 is 28.7 Å². The topological polar surface area (TPSA) is 141 Å². The molecule has 264 valence electrons. The number of nitrogens with zero attached hydrogens (tertiary/aromatic N) is 2. The minimum atomic E-state index is -1.17. The molecule has 0 saturated carbocycles. The van der Waals surface area contributed by atoms with Crippen LogP contribution < -0.4 is 16.0 Å². The minimum absolute atomic E-state index is 0.0236. The third kappa shape index (κ3) is 8.96. The van der Waals surface area contributed by atoms with Crippen molar-refractivity contribution in [3.8, 4) is 0 Å². The van der Waals surface area contributed by atoms with E-state index in [1.54, 1.807) is 40.9 Å². The van der Waals surface area contributed by atoms with Crippen LogP contribution >= 0.6 is 0 Å². The van der Waals surface area contributed by atoms with E-state index in [9.17, 15) is 19.2 Å². The van der Waals surface area contributed by atoms with Crippen LogP contribution in [0.1, 0.15) is 63.9 Å². The van der Waals surface area contributed by atoms with Gasteiger partial charge in [0, 0.05) is 12.6 Å². The van der Waals surface area contributed by atoms with Crippen molar-refractivity contribution in [2.45, 2.75) is 77.2 Å². The predicted octanol–water partition coefficient (Wildman–Crippen LogP) is 4.98. The van der Waals surface area contributed by atoms with E-state index >= 15 is 0 Å². The summed E-state index contributed by atoms with van der Waals surface area (Å²) in [5.41, 5.74) is 1.87. The molecule has 1 aromatic heterocycles. The quantitative estimate of drug-likeness (QED) is 0.134. The molecule has 0 aliphatic heterocycles. The zero-order valence-corrected chi connectivity index (χ0v) is 29.7. The van der Waals surface area contributed by atoms with Crippen LogP contribution in [0, 0.1) is 5.92 Å². The first-order valence-electron chi connectivity index (χ1n) is 16.6. The molecular formula is C39H47N5O6. The van der Waals surface area contributed by atoms with Crippen LogP contribution in [0.5, 0.6) is 0 Å². The molecule has 3 atom stereocenters. The van der Waals surface area contributed by atoms with E-state index in [4.69, 9.17) is 14.5 Å². The third-order valence-corrected chi connectivity index (χ3v) is 8.19. The molecule has 0 aliphatic carbocycles. The van der Waals surface area contributed by atoms with Gasteiger partial charge in [0.25, 0.3) is 0 Å². The smallest absolute Gasteiger partial charge is 0.408 e. The Morgan fingerprint density at radius 3 is 1.68 bits per heavy atom. The van der Waals surface area contributed by atoms with Crippen molar-refractivity contribution in [1.29, 1.82) is 0 Å². The minimum Gasteiger partial charge on any atom is -0.467 e. The Morgan fingerprint density at radius 2 is 1.24 bits per heavy atom. The van der Waals surface area contributed by atoms with E-state index in [0.29, 0.717) is 5.69 Å². The van der Waals surface area contributed by atoms with E-state index in [1.807, 2.05) is 65.4 Å². The normalized spacial score (nSPS) is 13.4. The molecule has 3 N–H and O–H groups in total. The average molecular weight is 682 g/mol. The van der Waals surface area contributed by atoms with Gasteiger partial charge in [-0.1, -0.05) is 105 Å². The van der Waals surface area contributed by atoms with Gasteiger partial charge in [0.2, 0.25) is 11.8 Å². The molecule has 1 heterocycles. The summed E-state index contributed by atoms with van der Waals surface area (Å²) in [7, 11) is 1.25. The van der Waals surface area contributed by atoms with E-state index < -0.39 is 53.1 Å². The predicted molar refractivity (Wildman–Crippen MR) is 190 cm³/mol. The van der Waals surface area contributed by atoms with Gasteiger partial charge in [0.1, 0.15) is 29.3 Å². The second-order valence-electron chi connectivity index (χ2n) is 13.5. The summed E-state index contributed by atoms with van der Waals surface area (Å²) in [6.07, 6.45) is 2.79. The molecule has 0 radical (unpaired) electrons. The van der Waals surface area contributed by atoms with E-state index in [2.05, 4.69) is 52.3 Å². The van der Waals surface area contributed by atoms with Gasteiger partial charge in [-0.25, -0.2) is 14.6 Å². The highest BCUT2D eigenvalue weighted by Crippen LogP contribution is 2.40. The molecule has 4 rings (SSSR count). The van der Waals surface area contributed by atoms with Crippen LogP contribution in [0.2, 0.25) is 0 Å². The first-order valence-corrected chi connectivity index (χ1v) is 16.6. The number of benzene rings is 3. The second-order valence-corrected chi connectivity index (χ2v) is 13.5.